The minimum Gasteiger partial charge on any atom is -0.343 e. The van der Waals surface area contributed by atoms with E-state index >= 15 is 0 Å². The second kappa shape index (κ2) is 8.48. The Balaban J connectivity index is 2.26. The minimum atomic E-state index is 0.282. The molecule has 0 aromatic rings. The lowest BCUT2D eigenvalue weighted by molar-refractivity contribution is -0.132. The van der Waals surface area contributed by atoms with Crippen molar-refractivity contribution in [3.8, 4) is 0 Å². The van der Waals surface area contributed by atoms with Crippen molar-refractivity contribution >= 4 is 5.91 Å². The van der Waals surface area contributed by atoms with Crippen LogP contribution in [0, 0.1) is 0 Å². The molecule has 0 unspecified atom stereocenters. The molecular weight excluding hydrogens is 226 g/mol. The first-order valence-electron chi connectivity index (χ1n) is 7.37. The maximum atomic E-state index is 12.0. The second-order valence-corrected chi connectivity index (χ2v) is 5.18. The average Bonchev–Trinajstić information content (AvgIpc) is 2.39. The summed E-state index contributed by atoms with van der Waals surface area (Å²) >= 11 is 0. The first-order chi connectivity index (χ1) is 8.69. The van der Waals surface area contributed by atoms with E-state index in [0.717, 1.165) is 39.0 Å². The van der Waals surface area contributed by atoms with E-state index < -0.39 is 0 Å². The van der Waals surface area contributed by atoms with Crippen molar-refractivity contribution in [2.24, 2.45) is 0 Å². The quantitative estimate of drug-likeness (QED) is 0.697. The van der Waals surface area contributed by atoms with E-state index in [4.69, 9.17) is 0 Å². The number of carbonyl (C=O) groups excluding carboxylic acids is 1. The number of nitrogens with one attached hydrogen (secondary N) is 1. The molecule has 0 atom stereocenters. The zero-order valence-corrected chi connectivity index (χ0v) is 12.2. The van der Waals surface area contributed by atoms with Crippen LogP contribution in [0.3, 0.4) is 0 Å². The molecule has 1 N–H and O–H groups in total. The molecule has 4 heteroatoms. The van der Waals surface area contributed by atoms with Gasteiger partial charge in [0.15, 0.2) is 0 Å². The summed E-state index contributed by atoms with van der Waals surface area (Å²) in [6, 6.07) is 0.451. The van der Waals surface area contributed by atoms with Crippen LogP contribution >= 0.6 is 0 Å². The molecule has 0 aromatic heterocycles. The summed E-state index contributed by atoms with van der Waals surface area (Å²) in [5.74, 6) is 0.282. The first-order valence-corrected chi connectivity index (χ1v) is 7.37. The van der Waals surface area contributed by atoms with Crippen molar-refractivity contribution in [2.75, 3.05) is 39.8 Å². The van der Waals surface area contributed by atoms with Crippen LogP contribution in [0.5, 0.6) is 0 Å². The number of amides is 1. The van der Waals surface area contributed by atoms with E-state index in [1.807, 2.05) is 11.9 Å². The van der Waals surface area contributed by atoms with Crippen molar-refractivity contribution in [1.82, 2.24) is 15.1 Å². The Morgan fingerprint density at radius 2 is 2.00 bits per heavy atom. The number of rotatable bonds is 7. The van der Waals surface area contributed by atoms with Crippen molar-refractivity contribution in [3.05, 3.63) is 0 Å². The van der Waals surface area contributed by atoms with Crippen LogP contribution in [-0.4, -0.2) is 61.5 Å². The molecular formula is C14H29N3O. The third kappa shape index (κ3) is 4.94. The van der Waals surface area contributed by atoms with Gasteiger partial charge in [0.05, 0.1) is 0 Å². The molecule has 106 valence electrons. The van der Waals surface area contributed by atoms with Crippen LogP contribution < -0.4 is 5.32 Å². The van der Waals surface area contributed by atoms with Gasteiger partial charge in [-0.1, -0.05) is 13.8 Å². The summed E-state index contributed by atoms with van der Waals surface area (Å²) in [5.41, 5.74) is 0. The summed E-state index contributed by atoms with van der Waals surface area (Å²) < 4.78 is 0. The SMILES string of the molecule is CCCN1CCC(N(C)C(=O)CCNCC)CC1. The maximum absolute atomic E-state index is 12.0. The molecule has 1 saturated heterocycles. The molecule has 1 fully saturated rings. The van der Waals surface area contributed by atoms with E-state index in [0.29, 0.717) is 12.5 Å². The fraction of sp³-hybridized carbons (Fsp3) is 0.929. The standard InChI is InChI=1S/C14H29N3O/c1-4-10-17-11-7-13(8-12-17)16(3)14(18)6-9-15-5-2/h13,15H,4-12H2,1-3H3. The Hall–Kier alpha value is -0.610. The number of hydrogen-bond acceptors (Lipinski definition) is 3. The highest BCUT2D eigenvalue weighted by atomic mass is 16.2. The van der Waals surface area contributed by atoms with Gasteiger partial charge in [-0.15, -0.1) is 0 Å². The molecule has 0 aliphatic carbocycles. The molecule has 1 aliphatic heterocycles. The molecule has 0 saturated carbocycles. The van der Waals surface area contributed by atoms with Crippen LogP contribution in [0.2, 0.25) is 0 Å². The van der Waals surface area contributed by atoms with Crippen LogP contribution in [0.25, 0.3) is 0 Å². The molecule has 1 heterocycles. The van der Waals surface area contributed by atoms with Gasteiger partial charge in [-0.3, -0.25) is 4.79 Å². The zero-order chi connectivity index (χ0) is 13.4. The molecule has 1 aliphatic rings. The third-order valence-electron chi connectivity index (χ3n) is 3.80. The van der Waals surface area contributed by atoms with E-state index in [9.17, 15) is 4.79 Å². The van der Waals surface area contributed by atoms with Gasteiger partial charge in [0.1, 0.15) is 0 Å². The van der Waals surface area contributed by atoms with Gasteiger partial charge in [0.2, 0.25) is 5.91 Å². The summed E-state index contributed by atoms with van der Waals surface area (Å²) in [7, 11) is 1.97. The molecule has 1 rings (SSSR count). The fourth-order valence-corrected chi connectivity index (χ4v) is 2.60. The Labute approximate surface area is 112 Å². The molecule has 0 aromatic carbocycles. The summed E-state index contributed by atoms with van der Waals surface area (Å²) in [4.78, 5) is 16.5. The monoisotopic (exact) mass is 255 g/mol. The van der Waals surface area contributed by atoms with E-state index in [-0.39, 0.29) is 5.91 Å². The number of carbonyl (C=O) groups is 1. The van der Waals surface area contributed by atoms with Gasteiger partial charge in [0, 0.05) is 39.1 Å². The number of likely N-dealkylation sites (tertiary alicyclic amines) is 1. The Bertz CT molecular complexity index is 237. The second-order valence-electron chi connectivity index (χ2n) is 5.18. The lowest BCUT2D eigenvalue weighted by Gasteiger charge is -2.36. The minimum absolute atomic E-state index is 0.282. The lowest BCUT2D eigenvalue weighted by Crippen LogP contribution is -2.46. The fourth-order valence-electron chi connectivity index (χ4n) is 2.60. The smallest absolute Gasteiger partial charge is 0.223 e. The average molecular weight is 255 g/mol. The van der Waals surface area contributed by atoms with Crippen molar-refractivity contribution in [2.45, 2.75) is 45.6 Å². The normalized spacial score (nSPS) is 17.9. The van der Waals surface area contributed by atoms with Gasteiger partial charge in [0.25, 0.3) is 0 Å². The van der Waals surface area contributed by atoms with Crippen molar-refractivity contribution in [1.29, 1.82) is 0 Å². The maximum Gasteiger partial charge on any atom is 0.223 e. The molecule has 0 spiro atoms. The van der Waals surface area contributed by atoms with Crippen LogP contribution in [0.4, 0.5) is 0 Å². The highest BCUT2D eigenvalue weighted by molar-refractivity contribution is 5.76. The van der Waals surface area contributed by atoms with Crippen LogP contribution in [0.15, 0.2) is 0 Å². The Morgan fingerprint density at radius 1 is 1.33 bits per heavy atom. The lowest BCUT2D eigenvalue weighted by atomic mass is 10.0. The van der Waals surface area contributed by atoms with Gasteiger partial charge in [-0.25, -0.2) is 0 Å². The highest BCUT2D eigenvalue weighted by Crippen LogP contribution is 2.16. The first kappa shape index (κ1) is 15.4. The van der Waals surface area contributed by atoms with Crippen molar-refractivity contribution < 1.29 is 4.79 Å². The predicted molar refractivity (Wildman–Crippen MR) is 75.7 cm³/mol. The number of nitrogens with zero attached hydrogens (tertiary/aromatic N) is 2. The van der Waals surface area contributed by atoms with Gasteiger partial charge >= 0.3 is 0 Å². The predicted octanol–water partition coefficient (Wildman–Crippen LogP) is 1.32. The molecule has 18 heavy (non-hydrogen) atoms. The van der Waals surface area contributed by atoms with Gasteiger partial charge < -0.3 is 15.1 Å². The zero-order valence-electron chi connectivity index (χ0n) is 12.2. The largest absolute Gasteiger partial charge is 0.343 e. The van der Waals surface area contributed by atoms with Gasteiger partial charge in [-0.2, -0.15) is 0 Å². The van der Waals surface area contributed by atoms with E-state index in [1.54, 1.807) is 0 Å². The van der Waals surface area contributed by atoms with Crippen molar-refractivity contribution in [3.63, 3.8) is 0 Å². The summed E-state index contributed by atoms with van der Waals surface area (Å²) in [5, 5.41) is 3.21. The Kier molecular flexibility index (Phi) is 7.28. The van der Waals surface area contributed by atoms with Crippen LogP contribution in [0.1, 0.15) is 39.5 Å². The third-order valence-corrected chi connectivity index (χ3v) is 3.80. The number of piperidine rings is 1. The summed E-state index contributed by atoms with van der Waals surface area (Å²) in [6.07, 6.45) is 4.11. The Morgan fingerprint density at radius 3 is 2.56 bits per heavy atom. The molecule has 1 amide bonds. The van der Waals surface area contributed by atoms with Crippen LogP contribution in [-0.2, 0) is 4.79 Å². The van der Waals surface area contributed by atoms with E-state index in [2.05, 4.69) is 24.1 Å². The highest BCUT2D eigenvalue weighted by Gasteiger charge is 2.24. The topological polar surface area (TPSA) is 35.6 Å². The summed E-state index contributed by atoms with van der Waals surface area (Å²) in [6.45, 7) is 9.51. The molecule has 4 nitrogen and oxygen atoms in total. The van der Waals surface area contributed by atoms with Gasteiger partial charge in [-0.05, 0) is 32.4 Å². The molecule has 0 bridgehead atoms. The number of hydrogen-bond donors (Lipinski definition) is 1. The van der Waals surface area contributed by atoms with E-state index in [1.165, 1.54) is 13.0 Å². The molecule has 0 radical (unpaired) electrons.